The van der Waals surface area contributed by atoms with E-state index in [9.17, 15) is 0 Å². The number of allylic oxidation sites excluding steroid dienone is 1. The summed E-state index contributed by atoms with van der Waals surface area (Å²) in [6, 6.07) is 10.4. The molecule has 1 rings (SSSR count). The zero-order valence-corrected chi connectivity index (χ0v) is 8.91. The van der Waals surface area contributed by atoms with Crippen molar-refractivity contribution in [3.63, 3.8) is 0 Å². The molecule has 1 nitrogen and oxygen atoms in total. The van der Waals surface area contributed by atoms with Crippen molar-refractivity contribution in [2.75, 3.05) is 0 Å². The molecule has 72 valence electrons. The molecule has 0 spiro atoms. The molecule has 0 bridgehead atoms. The van der Waals surface area contributed by atoms with E-state index in [-0.39, 0.29) is 0 Å². The zero-order chi connectivity index (χ0) is 10.6. The molecule has 0 unspecified atom stereocenters. The topological polar surface area (TPSA) is 23.8 Å². The fraction of sp³-hybridized carbons (Fsp3) is 0.308. The molecule has 1 aromatic rings. The number of aryl methyl sites for hydroxylation is 1. The molecule has 0 aliphatic carbocycles. The molecule has 0 amide bonds. The SMILES string of the molecule is Cc1ccc(/C=C(\C#N)C(C)C)cc1. The van der Waals surface area contributed by atoms with E-state index in [0.29, 0.717) is 5.92 Å². The third-order valence-electron chi connectivity index (χ3n) is 2.15. The quantitative estimate of drug-likeness (QED) is 0.646. The molecule has 0 aliphatic heterocycles. The van der Waals surface area contributed by atoms with Crippen LogP contribution in [0, 0.1) is 24.2 Å². The Hall–Kier alpha value is -1.55. The van der Waals surface area contributed by atoms with Gasteiger partial charge in [-0.05, 0) is 24.5 Å². The van der Waals surface area contributed by atoms with Crippen molar-refractivity contribution in [1.82, 2.24) is 0 Å². The molecule has 0 atom stereocenters. The smallest absolute Gasteiger partial charge is 0.0950 e. The summed E-state index contributed by atoms with van der Waals surface area (Å²) >= 11 is 0. The van der Waals surface area contributed by atoms with Gasteiger partial charge in [0.1, 0.15) is 0 Å². The first-order valence-electron chi connectivity index (χ1n) is 4.82. The lowest BCUT2D eigenvalue weighted by Crippen LogP contribution is -1.90. The van der Waals surface area contributed by atoms with Gasteiger partial charge in [-0.25, -0.2) is 0 Å². The Morgan fingerprint density at radius 2 is 1.86 bits per heavy atom. The van der Waals surface area contributed by atoms with Gasteiger partial charge in [-0.3, -0.25) is 0 Å². The Labute approximate surface area is 85.7 Å². The average Bonchev–Trinajstić information content (AvgIpc) is 2.16. The Kier molecular flexibility index (Phi) is 3.48. The van der Waals surface area contributed by atoms with E-state index in [0.717, 1.165) is 11.1 Å². The highest BCUT2D eigenvalue weighted by molar-refractivity contribution is 5.57. The number of benzene rings is 1. The van der Waals surface area contributed by atoms with Gasteiger partial charge in [-0.1, -0.05) is 43.7 Å². The number of nitriles is 1. The molecular formula is C13H15N. The highest BCUT2D eigenvalue weighted by Crippen LogP contribution is 2.14. The molecule has 0 heterocycles. The first-order valence-corrected chi connectivity index (χ1v) is 4.82. The van der Waals surface area contributed by atoms with Crippen LogP contribution in [0.15, 0.2) is 29.8 Å². The summed E-state index contributed by atoms with van der Waals surface area (Å²) in [4.78, 5) is 0. The first kappa shape index (κ1) is 10.5. The van der Waals surface area contributed by atoms with Crippen LogP contribution in [0.1, 0.15) is 25.0 Å². The second kappa shape index (κ2) is 4.62. The van der Waals surface area contributed by atoms with Gasteiger partial charge in [0.2, 0.25) is 0 Å². The van der Waals surface area contributed by atoms with Crippen LogP contribution >= 0.6 is 0 Å². The Balaban J connectivity index is 2.97. The summed E-state index contributed by atoms with van der Waals surface area (Å²) in [6.07, 6.45) is 1.95. The fourth-order valence-corrected chi connectivity index (χ4v) is 1.17. The van der Waals surface area contributed by atoms with Crippen LogP contribution in [0.2, 0.25) is 0 Å². The van der Waals surface area contributed by atoms with Crippen LogP contribution in [0.5, 0.6) is 0 Å². The minimum atomic E-state index is 0.293. The number of nitrogens with zero attached hydrogens (tertiary/aromatic N) is 1. The van der Waals surface area contributed by atoms with E-state index < -0.39 is 0 Å². The monoisotopic (exact) mass is 185 g/mol. The minimum Gasteiger partial charge on any atom is -0.193 e. The van der Waals surface area contributed by atoms with Gasteiger partial charge in [0.25, 0.3) is 0 Å². The largest absolute Gasteiger partial charge is 0.193 e. The van der Waals surface area contributed by atoms with Crippen molar-refractivity contribution in [2.45, 2.75) is 20.8 Å². The van der Waals surface area contributed by atoms with Gasteiger partial charge in [0, 0.05) is 5.57 Å². The third kappa shape index (κ3) is 2.74. The lowest BCUT2D eigenvalue weighted by atomic mass is 10.0. The molecule has 0 aromatic heterocycles. The van der Waals surface area contributed by atoms with E-state index >= 15 is 0 Å². The van der Waals surface area contributed by atoms with Gasteiger partial charge in [0.05, 0.1) is 6.07 Å². The summed E-state index contributed by atoms with van der Waals surface area (Å²) in [5, 5.41) is 8.89. The van der Waals surface area contributed by atoms with E-state index in [2.05, 4.69) is 25.1 Å². The van der Waals surface area contributed by atoms with E-state index in [1.165, 1.54) is 5.56 Å². The molecule has 0 aliphatic rings. The molecule has 0 saturated carbocycles. The Bertz CT molecular complexity index is 363. The van der Waals surface area contributed by atoms with Crippen LogP contribution < -0.4 is 0 Å². The van der Waals surface area contributed by atoms with E-state index in [1.807, 2.05) is 32.1 Å². The number of hydrogen-bond donors (Lipinski definition) is 0. The van der Waals surface area contributed by atoms with E-state index in [1.54, 1.807) is 0 Å². The van der Waals surface area contributed by atoms with Crippen molar-refractivity contribution in [2.24, 2.45) is 5.92 Å². The number of hydrogen-bond acceptors (Lipinski definition) is 1. The van der Waals surface area contributed by atoms with Crippen LogP contribution in [-0.2, 0) is 0 Å². The molecule has 1 aromatic carbocycles. The van der Waals surface area contributed by atoms with Crippen LogP contribution in [0.3, 0.4) is 0 Å². The molecule has 0 radical (unpaired) electrons. The van der Waals surface area contributed by atoms with Crippen molar-refractivity contribution in [3.05, 3.63) is 41.0 Å². The minimum absolute atomic E-state index is 0.293. The van der Waals surface area contributed by atoms with Gasteiger partial charge < -0.3 is 0 Å². The highest BCUT2D eigenvalue weighted by Gasteiger charge is 2.01. The molecule has 14 heavy (non-hydrogen) atoms. The zero-order valence-electron chi connectivity index (χ0n) is 8.91. The van der Waals surface area contributed by atoms with E-state index in [4.69, 9.17) is 5.26 Å². The maximum Gasteiger partial charge on any atom is 0.0950 e. The summed E-state index contributed by atoms with van der Waals surface area (Å²) < 4.78 is 0. The predicted molar refractivity (Wildman–Crippen MR) is 59.6 cm³/mol. The van der Waals surface area contributed by atoms with Crippen molar-refractivity contribution in [3.8, 4) is 6.07 Å². The van der Waals surface area contributed by atoms with Crippen molar-refractivity contribution >= 4 is 6.08 Å². The molecular weight excluding hydrogens is 170 g/mol. The second-order valence-electron chi connectivity index (χ2n) is 3.78. The lowest BCUT2D eigenvalue weighted by Gasteiger charge is -2.02. The second-order valence-corrected chi connectivity index (χ2v) is 3.78. The van der Waals surface area contributed by atoms with Crippen molar-refractivity contribution in [1.29, 1.82) is 5.26 Å². The lowest BCUT2D eigenvalue weighted by molar-refractivity contribution is 0.801. The van der Waals surface area contributed by atoms with Gasteiger partial charge in [-0.2, -0.15) is 5.26 Å². The van der Waals surface area contributed by atoms with Crippen LogP contribution in [0.4, 0.5) is 0 Å². The standard InChI is InChI=1S/C13H15N/c1-10(2)13(9-14)8-12-6-4-11(3)5-7-12/h4-8,10H,1-3H3/b13-8+. The van der Waals surface area contributed by atoms with Gasteiger partial charge in [0.15, 0.2) is 0 Å². The summed E-state index contributed by atoms with van der Waals surface area (Å²) in [7, 11) is 0. The fourth-order valence-electron chi connectivity index (χ4n) is 1.17. The summed E-state index contributed by atoms with van der Waals surface area (Å²) in [6.45, 7) is 6.12. The maximum atomic E-state index is 8.89. The molecule has 0 N–H and O–H groups in total. The van der Waals surface area contributed by atoms with Gasteiger partial charge in [-0.15, -0.1) is 0 Å². The van der Waals surface area contributed by atoms with Crippen LogP contribution in [-0.4, -0.2) is 0 Å². The van der Waals surface area contributed by atoms with Gasteiger partial charge >= 0.3 is 0 Å². The normalized spacial score (nSPS) is 11.5. The third-order valence-corrected chi connectivity index (χ3v) is 2.15. The summed E-state index contributed by atoms with van der Waals surface area (Å²) in [5.41, 5.74) is 3.17. The van der Waals surface area contributed by atoms with Crippen LogP contribution in [0.25, 0.3) is 6.08 Å². The molecule has 0 fully saturated rings. The maximum absolute atomic E-state index is 8.89. The average molecular weight is 185 g/mol. The highest BCUT2D eigenvalue weighted by atomic mass is 14.3. The Morgan fingerprint density at radius 3 is 2.29 bits per heavy atom. The summed E-state index contributed by atoms with van der Waals surface area (Å²) in [5.74, 6) is 0.293. The first-order chi connectivity index (χ1) is 6.63. The number of rotatable bonds is 2. The molecule has 0 saturated heterocycles. The molecule has 1 heteroatoms. The Morgan fingerprint density at radius 1 is 1.29 bits per heavy atom. The predicted octanol–water partition coefficient (Wildman–Crippen LogP) is 3.56. The van der Waals surface area contributed by atoms with Crippen molar-refractivity contribution < 1.29 is 0 Å².